The van der Waals surface area contributed by atoms with Gasteiger partial charge in [-0.25, -0.2) is 0 Å². The molecule has 1 aliphatic rings. The summed E-state index contributed by atoms with van der Waals surface area (Å²) < 4.78 is 0. The van der Waals surface area contributed by atoms with E-state index in [4.69, 9.17) is 0 Å². The lowest BCUT2D eigenvalue weighted by Crippen LogP contribution is -2.58. The first-order chi connectivity index (χ1) is 7.56. The first kappa shape index (κ1) is 14.5. The summed E-state index contributed by atoms with van der Waals surface area (Å²) in [7, 11) is 2.25. The van der Waals surface area contributed by atoms with E-state index in [1.54, 1.807) is 0 Å². The smallest absolute Gasteiger partial charge is 0.0158 e. The summed E-state index contributed by atoms with van der Waals surface area (Å²) in [5.41, 5.74) is 2.93. The van der Waals surface area contributed by atoms with Gasteiger partial charge in [0.15, 0.2) is 0 Å². The second-order valence-corrected chi connectivity index (χ2v) is 7.05. The average molecular weight is 235 g/mol. The van der Waals surface area contributed by atoms with Gasteiger partial charge in [0.05, 0.1) is 0 Å². The van der Waals surface area contributed by atoms with Crippen molar-refractivity contribution in [2.45, 2.75) is 65.0 Å². The quantitative estimate of drug-likeness (QED) is 0.655. The molecule has 1 heteroatoms. The van der Waals surface area contributed by atoms with Crippen LogP contribution in [0.15, 0.2) is 24.3 Å². The second kappa shape index (κ2) is 4.61. The Balaban J connectivity index is 2.78. The summed E-state index contributed by atoms with van der Waals surface area (Å²) in [5.74, 6) is 0.736. The standard InChI is InChI=1S/C16H29N/c1-12(2)13(3)9-14-10-15(4,5)17(8)16(6,7)11-14/h14H,1,3,9-11H2,2,4-8H3. The van der Waals surface area contributed by atoms with Crippen LogP contribution >= 0.6 is 0 Å². The molecule has 0 aliphatic carbocycles. The molecule has 98 valence electrons. The highest BCUT2D eigenvalue weighted by molar-refractivity contribution is 5.23. The molecule has 0 spiro atoms. The van der Waals surface area contributed by atoms with Gasteiger partial charge >= 0.3 is 0 Å². The van der Waals surface area contributed by atoms with Crippen LogP contribution in [0.4, 0.5) is 0 Å². The van der Waals surface area contributed by atoms with E-state index >= 15 is 0 Å². The summed E-state index contributed by atoms with van der Waals surface area (Å²) in [6.45, 7) is 19.6. The number of hydrogen-bond acceptors (Lipinski definition) is 1. The van der Waals surface area contributed by atoms with Gasteiger partial charge in [-0.1, -0.05) is 24.3 Å². The van der Waals surface area contributed by atoms with Gasteiger partial charge in [-0.05, 0) is 66.8 Å². The van der Waals surface area contributed by atoms with Crippen LogP contribution in [-0.2, 0) is 0 Å². The number of rotatable bonds is 3. The summed E-state index contributed by atoms with van der Waals surface area (Å²) in [6, 6.07) is 0. The lowest BCUT2D eigenvalue weighted by Gasteiger charge is -2.54. The Hall–Kier alpha value is -0.560. The maximum Gasteiger partial charge on any atom is 0.0158 e. The first-order valence-corrected chi connectivity index (χ1v) is 6.64. The van der Waals surface area contributed by atoms with Crippen LogP contribution in [0.25, 0.3) is 0 Å². The molecule has 0 aromatic heterocycles. The van der Waals surface area contributed by atoms with Gasteiger partial charge in [0, 0.05) is 11.1 Å². The van der Waals surface area contributed by atoms with E-state index in [9.17, 15) is 0 Å². The molecule has 0 unspecified atom stereocenters. The van der Waals surface area contributed by atoms with Gasteiger partial charge < -0.3 is 0 Å². The number of piperidine rings is 1. The summed E-state index contributed by atoms with van der Waals surface area (Å²) in [6.07, 6.45) is 3.61. The topological polar surface area (TPSA) is 3.24 Å². The van der Waals surface area contributed by atoms with Crippen molar-refractivity contribution < 1.29 is 0 Å². The van der Waals surface area contributed by atoms with Crippen molar-refractivity contribution in [2.75, 3.05) is 7.05 Å². The number of nitrogens with zero attached hydrogens (tertiary/aromatic N) is 1. The zero-order valence-electron chi connectivity index (χ0n) is 12.6. The molecule has 0 N–H and O–H groups in total. The predicted molar refractivity (Wildman–Crippen MR) is 77.2 cm³/mol. The van der Waals surface area contributed by atoms with Gasteiger partial charge in [-0.3, -0.25) is 4.90 Å². The van der Waals surface area contributed by atoms with Crippen molar-refractivity contribution in [3.05, 3.63) is 24.3 Å². The molecule has 0 aromatic rings. The highest BCUT2D eigenvalue weighted by Gasteiger charge is 2.42. The Morgan fingerprint density at radius 3 is 1.88 bits per heavy atom. The van der Waals surface area contributed by atoms with Crippen molar-refractivity contribution >= 4 is 0 Å². The SMILES string of the molecule is C=C(C)C(=C)CC1CC(C)(C)N(C)C(C)(C)C1. The molecule has 0 aromatic carbocycles. The molecule has 1 fully saturated rings. The Bertz CT molecular complexity index is 304. The molecule has 0 atom stereocenters. The molecular formula is C16H29N. The van der Waals surface area contributed by atoms with E-state index < -0.39 is 0 Å². The van der Waals surface area contributed by atoms with Crippen molar-refractivity contribution in [3.8, 4) is 0 Å². The van der Waals surface area contributed by atoms with Gasteiger partial charge in [-0.15, -0.1) is 0 Å². The maximum atomic E-state index is 4.15. The van der Waals surface area contributed by atoms with Crippen LogP contribution in [-0.4, -0.2) is 23.0 Å². The highest BCUT2D eigenvalue weighted by Crippen LogP contribution is 2.42. The summed E-state index contributed by atoms with van der Waals surface area (Å²) >= 11 is 0. The molecule has 1 saturated heterocycles. The van der Waals surface area contributed by atoms with Crippen molar-refractivity contribution in [1.82, 2.24) is 4.90 Å². The van der Waals surface area contributed by atoms with Crippen molar-refractivity contribution in [3.63, 3.8) is 0 Å². The molecule has 0 saturated carbocycles. The summed E-state index contributed by atoms with van der Waals surface area (Å²) in [4.78, 5) is 2.53. The Morgan fingerprint density at radius 2 is 1.53 bits per heavy atom. The largest absolute Gasteiger partial charge is 0.296 e. The monoisotopic (exact) mass is 235 g/mol. The maximum absolute atomic E-state index is 4.15. The zero-order chi connectivity index (χ0) is 13.4. The van der Waals surface area contributed by atoms with E-state index in [0.29, 0.717) is 0 Å². The van der Waals surface area contributed by atoms with E-state index in [2.05, 4.69) is 59.7 Å². The van der Waals surface area contributed by atoms with Crippen LogP contribution in [0.2, 0.25) is 0 Å². The van der Waals surface area contributed by atoms with Crippen molar-refractivity contribution in [1.29, 1.82) is 0 Å². The predicted octanol–water partition coefficient (Wildman–Crippen LogP) is 4.41. The Labute approximate surface area is 108 Å². The molecule has 1 heterocycles. The fraction of sp³-hybridized carbons (Fsp3) is 0.750. The normalized spacial score (nSPS) is 24.6. The van der Waals surface area contributed by atoms with Gasteiger partial charge in [0.1, 0.15) is 0 Å². The second-order valence-electron chi connectivity index (χ2n) is 7.05. The molecule has 1 aliphatic heterocycles. The Morgan fingerprint density at radius 1 is 1.12 bits per heavy atom. The third-order valence-corrected chi connectivity index (χ3v) is 4.53. The first-order valence-electron chi connectivity index (χ1n) is 6.64. The van der Waals surface area contributed by atoms with Crippen LogP contribution in [0.1, 0.15) is 53.9 Å². The highest BCUT2D eigenvalue weighted by atomic mass is 15.2. The number of likely N-dealkylation sites (tertiary alicyclic amines) is 1. The minimum Gasteiger partial charge on any atom is -0.296 e. The fourth-order valence-corrected chi connectivity index (χ4v) is 3.25. The summed E-state index contributed by atoms with van der Waals surface area (Å²) in [5, 5.41) is 0. The minimum absolute atomic E-state index is 0.280. The zero-order valence-corrected chi connectivity index (χ0v) is 12.6. The van der Waals surface area contributed by atoms with E-state index in [0.717, 1.165) is 17.9 Å². The Kier molecular flexibility index (Phi) is 3.93. The van der Waals surface area contributed by atoms with Crippen LogP contribution in [0.5, 0.6) is 0 Å². The van der Waals surface area contributed by atoms with Crippen LogP contribution < -0.4 is 0 Å². The average Bonchev–Trinajstić information content (AvgIpc) is 2.12. The van der Waals surface area contributed by atoms with Crippen LogP contribution in [0.3, 0.4) is 0 Å². The molecule has 0 amide bonds. The number of hydrogen-bond donors (Lipinski definition) is 0. The molecule has 0 radical (unpaired) electrons. The molecule has 1 rings (SSSR count). The molecule has 1 nitrogen and oxygen atoms in total. The third-order valence-electron chi connectivity index (χ3n) is 4.53. The minimum atomic E-state index is 0.280. The lowest BCUT2D eigenvalue weighted by molar-refractivity contribution is -0.0295. The van der Waals surface area contributed by atoms with E-state index in [1.807, 2.05) is 0 Å². The van der Waals surface area contributed by atoms with E-state index in [1.165, 1.54) is 18.4 Å². The lowest BCUT2D eigenvalue weighted by atomic mass is 9.72. The van der Waals surface area contributed by atoms with Gasteiger partial charge in [-0.2, -0.15) is 0 Å². The van der Waals surface area contributed by atoms with E-state index in [-0.39, 0.29) is 11.1 Å². The molecule has 0 bridgehead atoms. The van der Waals surface area contributed by atoms with Gasteiger partial charge in [0.2, 0.25) is 0 Å². The number of allylic oxidation sites excluding steroid dienone is 2. The van der Waals surface area contributed by atoms with Crippen LogP contribution in [0, 0.1) is 5.92 Å². The fourth-order valence-electron chi connectivity index (χ4n) is 3.25. The molecule has 17 heavy (non-hydrogen) atoms. The third kappa shape index (κ3) is 3.22. The molecular weight excluding hydrogens is 206 g/mol. The van der Waals surface area contributed by atoms with Gasteiger partial charge in [0.25, 0.3) is 0 Å². The van der Waals surface area contributed by atoms with Crippen molar-refractivity contribution in [2.24, 2.45) is 5.92 Å².